The number of allylic oxidation sites excluding steroid dienone is 3. The van der Waals surface area contributed by atoms with Crippen molar-refractivity contribution < 1.29 is 28.7 Å². The number of fused-ring (bicyclic) bond motifs is 2. The van der Waals surface area contributed by atoms with Gasteiger partial charge in [-0.3, -0.25) is 39.5 Å². The lowest BCUT2D eigenvalue weighted by molar-refractivity contribution is -0.110. The predicted octanol–water partition coefficient (Wildman–Crippen LogP) is 2.10. The van der Waals surface area contributed by atoms with E-state index in [1.807, 2.05) is 6.92 Å². The van der Waals surface area contributed by atoms with Crippen LogP contribution in [0.1, 0.15) is 57.7 Å². The van der Waals surface area contributed by atoms with E-state index in [0.29, 0.717) is 58.0 Å². The number of carbonyl (C=O) groups is 4. The first-order valence-electron chi connectivity index (χ1n) is 19.0. The van der Waals surface area contributed by atoms with E-state index in [1.54, 1.807) is 65.0 Å². The zero-order valence-corrected chi connectivity index (χ0v) is 34.4. The molecule has 61 heavy (non-hydrogen) atoms. The van der Waals surface area contributed by atoms with Crippen LogP contribution >= 0.6 is 0 Å². The van der Waals surface area contributed by atoms with Crippen molar-refractivity contribution in [1.29, 1.82) is 0 Å². The first kappa shape index (κ1) is 44.1. The molecule has 0 aliphatic heterocycles. The molecular formula is C40H49N15O6. The number of hydrogen-bond acceptors (Lipinski definition) is 12. The van der Waals surface area contributed by atoms with Gasteiger partial charge in [0.2, 0.25) is 23.7 Å². The number of imidazole rings is 2. The molecule has 320 valence electrons. The largest absolute Gasteiger partial charge is 0.494 e. The zero-order chi connectivity index (χ0) is 44.4. The van der Waals surface area contributed by atoms with Gasteiger partial charge in [0.05, 0.1) is 30.4 Å². The number of carbonyl (C=O) groups excluding carboxylic acids is 4. The molecule has 0 unspecified atom stereocenters. The van der Waals surface area contributed by atoms with Gasteiger partial charge < -0.3 is 47.3 Å². The van der Waals surface area contributed by atoms with Gasteiger partial charge in [0, 0.05) is 43.0 Å². The molecule has 12 N–H and O–H groups in total. The van der Waals surface area contributed by atoms with Crippen molar-refractivity contribution >= 4 is 69.3 Å². The molecule has 3 aromatic heterocycles. The first-order chi connectivity index (χ1) is 29.1. The number of aromatic nitrogens is 6. The van der Waals surface area contributed by atoms with Crippen LogP contribution in [0.5, 0.6) is 11.5 Å². The zero-order valence-electron chi connectivity index (χ0n) is 34.4. The molecule has 0 saturated heterocycles. The molecule has 0 saturated carbocycles. The van der Waals surface area contributed by atoms with Crippen molar-refractivity contribution in [2.45, 2.75) is 47.3 Å². The highest BCUT2D eigenvalue weighted by Gasteiger charge is 2.23. The molecule has 0 radical (unpaired) electrons. The lowest BCUT2D eigenvalue weighted by atomic mass is 10.1. The van der Waals surface area contributed by atoms with Gasteiger partial charge in [-0.1, -0.05) is 18.2 Å². The average molecular weight is 836 g/mol. The second-order valence-corrected chi connectivity index (χ2v) is 13.4. The number of primary amides is 2. The molecule has 4 amide bonds. The Morgan fingerprint density at radius 3 is 1.92 bits per heavy atom. The summed E-state index contributed by atoms with van der Waals surface area (Å²) in [6.07, 6.45) is 8.42. The molecule has 0 spiro atoms. The third-order valence-electron chi connectivity index (χ3n) is 8.84. The minimum Gasteiger partial charge on any atom is -0.494 e. The van der Waals surface area contributed by atoms with Crippen LogP contribution in [-0.4, -0.2) is 91.0 Å². The fourth-order valence-electron chi connectivity index (χ4n) is 6.22. The fraction of sp³-hybridized carbons (Fsp3) is 0.275. The number of anilines is 2. The van der Waals surface area contributed by atoms with E-state index in [0.717, 1.165) is 0 Å². The Bertz CT molecular complexity index is 2640. The maximum Gasteiger partial charge on any atom is 0.276 e. The Balaban J connectivity index is 1.59. The average Bonchev–Trinajstić information content (AvgIpc) is 3.88. The summed E-state index contributed by atoms with van der Waals surface area (Å²) in [5.74, 6) is -1.74. The van der Waals surface area contributed by atoms with E-state index in [2.05, 4.69) is 35.7 Å². The van der Waals surface area contributed by atoms with E-state index >= 15 is 0 Å². The summed E-state index contributed by atoms with van der Waals surface area (Å²) in [7, 11) is 1.44. The third kappa shape index (κ3) is 10.6. The molecular weight excluding hydrogens is 787 g/mol. The van der Waals surface area contributed by atoms with Gasteiger partial charge in [0.15, 0.2) is 5.96 Å². The quantitative estimate of drug-likeness (QED) is 0.0357. The van der Waals surface area contributed by atoms with Gasteiger partial charge >= 0.3 is 0 Å². The molecule has 21 heteroatoms. The summed E-state index contributed by atoms with van der Waals surface area (Å²) in [6, 6.07) is 7.65. The number of rotatable bonds is 19. The highest BCUT2D eigenvalue weighted by molar-refractivity contribution is 6.47. The number of aryl methyl sites for hydroxylation is 2. The van der Waals surface area contributed by atoms with Crippen molar-refractivity contribution in [1.82, 2.24) is 28.9 Å². The standard InChI is InChI=1S/C40H49N15O6/c1-6-46-28(16-22(3)41)36(58)50-39-49-27-19-25(35(43)57)21-31(61-15-11-8-12-47-38(44)45)33(27)54(39)14-10-9-13-53-32-26(18-24(34(42)56)20-30(32)60-5)48-40(53)51-37(59)29-17-23(4)52-55(29)7-2/h8-11,16-21H,6-7,12-15,41H2,1-5H3,(H2,42,56)(H2,43,57)(H4,44,45,47)(H,48,51,59)(H,49,50,58)/b10-9+,11-8+,22-16-,46-28?. The number of methoxy groups -OCH3 is 1. The summed E-state index contributed by atoms with van der Waals surface area (Å²) in [5, 5.41) is 10.1. The molecule has 0 bridgehead atoms. The molecule has 2 aromatic carbocycles. The van der Waals surface area contributed by atoms with Crippen LogP contribution in [0.25, 0.3) is 22.1 Å². The number of hydrogen-bond donors (Lipinski definition) is 7. The number of amides is 4. The number of aliphatic imine (C=N–C) groups is 2. The molecule has 0 fully saturated rings. The lowest BCUT2D eigenvalue weighted by Gasteiger charge is -2.13. The van der Waals surface area contributed by atoms with Crippen molar-refractivity contribution in [3.63, 3.8) is 0 Å². The normalized spacial score (nSPS) is 12.1. The Hall–Kier alpha value is -7.97. The van der Waals surface area contributed by atoms with Crippen LogP contribution < -0.4 is 48.8 Å². The predicted molar refractivity (Wildman–Crippen MR) is 233 cm³/mol. The molecule has 5 rings (SSSR count). The van der Waals surface area contributed by atoms with Gasteiger partial charge in [-0.2, -0.15) is 5.10 Å². The summed E-state index contributed by atoms with van der Waals surface area (Å²) < 4.78 is 16.8. The third-order valence-corrected chi connectivity index (χ3v) is 8.84. The van der Waals surface area contributed by atoms with Crippen LogP contribution in [0.15, 0.2) is 76.4 Å². The maximum absolute atomic E-state index is 13.6. The fourth-order valence-corrected chi connectivity index (χ4v) is 6.22. The molecule has 5 aromatic rings. The van der Waals surface area contributed by atoms with Crippen LogP contribution in [-0.2, 0) is 24.4 Å². The van der Waals surface area contributed by atoms with E-state index < -0.39 is 23.6 Å². The monoisotopic (exact) mass is 835 g/mol. The number of nitrogens with two attached hydrogens (primary N) is 5. The number of benzene rings is 2. The highest BCUT2D eigenvalue weighted by atomic mass is 16.5. The molecule has 3 heterocycles. The topological polar surface area (TPSA) is 319 Å². The summed E-state index contributed by atoms with van der Waals surface area (Å²) >= 11 is 0. The van der Waals surface area contributed by atoms with E-state index in [9.17, 15) is 19.2 Å². The van der Waals surface area contributed by atoms with Crippen LogP contribution in [0.4, 0.5) is 11.9 Å². The Labute approximate surface area is 350 Å². The smallest absolute Gasteiger partial charge is 0.276 e. The highest BCUT2D eigenvalue weighted by Crippen LogP contribution is 2.33. The van der Waals surface area contributed by atoms with Crippen molar-refractivity contribution in [2.75, 3.05) is 37.4 Å². The van der Waals surface area contributed by atoms with Gasteiger partial charge in [-0.05, 0) is 70.2 Å². The Kier molecular flexibility index (Phi) is 14.2. The van der Waals surface area contributed by atoms with E-state index in [-0.39, 0.29) is 66.7 Å². The van der Waals surface area contributed by atoms with Gasteiger partial charge in [-0.15, -0.1) is 0 Å². The Morgan fingerprint density at radius 1 is 0.787 bits per heavy atom. The number of guanidine groups is 1. The molecule has 0 aliphatic carbocycles. The minimum absolute atomic E-state index is 0.0496. The van der Waals surface area contributed by atoms with Crippen LogP contribution in [0.2, 0.25) is 0 Å². The van der Waals surface area contributed by atoms with E-state index in [1.165, 1.54) is 37.5 Å². The molecule has 21 nitrogen and oxygen atoms in total. The number of ether oxygens (including phenoxy) is 2. The van der Waals surface area contributed by atoms with Gasteiger partial charge in [0.1, 0.15) is 40.5 Å². The summed E-state index contributed by atoms with van der Waals surface area (Å²) in [4.78, 5) is 69.4. The summed E-state index contributed by atoms with van der Waals surface area (Å²) in [5.41, 5.74) is 31.3. The Morgan fingerprint density at radius 2 is 1.38 bits per heavy atom. The van der Waals surface area contributed by atoms with Crippen molar-refractivity contribution in [3.8, 4) is 11.5 Å². The first-order valence-corrected chi connectivity index (χ1v) is 19.0. The van der Waals surface area contributed by atoms with Crippen LogP contribution in [0.3, 0.4) is 0 Å². The van der Waals surface area contributed by atoms with E-state index in [4.69, 9.17) is 38.1 Å². The molecule has 0 atom stereocenters. The second kappa shape index (κ2) is 19.7. The van der Waals surface area contributed by atoms with Crippen LogP contribution in [0, 0.1) is 6.92 Å². The second-order valence-electron chi connectivity index (χ2n) is 13.4. The lowest BCUT2D eigenvalue weighted by Crippen LogP contribution is -2.24. The SMILES string of the molecule is CCN=C(/C=C(/C)N)C(=O)Nc1nc2cc(C(N)=O)cc(OC/C=C/CN=C(N)N)c2n1C/C=C/Cn1c(NC(=O)c2cc(C)nn2CC)nc2cc(C(N)=O)cc(OC)c21. The number of nitrogens with zero attached hydrogens (tertiary/aromatic N) is 8. The van der Waals surface area contributed by atoms with Crippen molar-refractivity contribution in [3.05, 3.63) is 88.9 Å². The maximum atomic E-state index is 13.6. The summed E-state index contributed by atoms with van der Waals surface area (Å²) in [6.45, 7) is 8.33. The van der Waals surface area contributed by atoms with Crippen molar-refractivity contribution in [2.24, 2.45) is 38.7 Å². The van der Waals surface area contributed by atoms with Gasteiger partial charge in [0.25, 0.3) is 11.8 Å². The number of nitrogens with one attached hydrogen (secondary N) is 2. The van der Waals surface area contributed by atoms with Gasteiger partial charge in [-0.25, -0.2) is 15.0 Å². The minimum atomic E-state index is -0.723. The molecule has 0 aliphatic rings.